The zero-order chi connectivity index (χ0) is 47.5. The number of ether oxygens (including phenoxy) is 2. The number of fused-ring (bicyclic) bond motifs is 5. The molecule has 0 amide bonds. The van der Waals surface area contributed by atoms with Crippen molar-refractivity contribution in [3.05, 3.63) is 142 Å². The first kappa shape index (κ1) is 51.6. The van der Waals surface area contributed by atoms with E-state index in [4.69, 9.17) is 16.1 Å². The van der Waals surface area contributed by atoms with Gasteiger partial charge in [0.25, 0.3) is 0 Å². The molecule has 2 aromatic carbocycles. The number of aryl methyl sites for hydroxylation is 1. The fraction of sp³-hybridized carbons (Fsp3) is 0.554. The van der Waals surface area contributed by atoms with Gasteiger partial charge in [-0.3, -0.25) is 10.1 Å². The van der Waals surface area contributed by atoms with Gasteiger partial charge in [0.05, 0.1) is 18.3 Å². The first-order valence-corrected chi connectivity index (χ1v) is 24.3. The number of nitrogens with one attached hydrogen (secondary N) is 2. The molecule has 1 heterocycles. The first-order chi connectivity index (χ1) is 31.8. The van der Waals surface area contributed by atoms with Gasteiger partial charge in [0.1, 0.15) is 19.3 Å². The summed E-state index contributed by atoms with van der Waals surface area (Å²) in [6.07, 6.45) is 17.6. The van der Waals surface area contributed by atoms with E-state index in [0.29, 0.717) is 63.7 Å². The largest absolute Gasteiger partial charge is 0.396 e. The Hall–Kier alpha value is -3.81. The summed E-state index contributed by atoms with van der Waals surface area (Å²) in [6.45, 7) is 11.3. The SMILES string of the molecule is C=C(C=CC=C(COCO)C1CCC2(C1O)C1C(=C(C)C=O)C(C=CC1CCO)CC2(O)CCNC)C1CC=C(C)C(O)NC(C)(CCOC)Cc2cccc(c2)C1CCc1ccccc1. The van der Waals surface area contributed by atoms with E-state index in [0.717, 1.165) is 47.8 Å². The second-order valence-electron chi connectivity index (χ2n) is 20.0. The van der Waals surface area contributed by atoms with Crippen molar-refractivity contribution in [1.82, 2.24) is 10.6 Å². The molecule has 7 N–H and O–H groups in total. The topological polar surface area (TPSA) is 161 Å². The van der Waals surface area contributed by atoms with Gasteiger partial charge >= 0.3 is 0 Å². The van der Waals surface area contributed by atoms with Crippen molar-refractivity contribution in [1.29, 1.82) is 0 Å². The number of hydrogen-bond donors (Lipinski definition) is 7. The van der Waals surface area contributed by atoms with Crippen molar-refractivity contribution < 1.29 is 39.8 Å². The van der Waals surface area contributed by atoms with Crippen LogP contribution >= 0.6 is 0 Å². The third kappa shape index (κ3) is 11.4. The predicted octanol–water partition coefficient (Wildman–Crippen LogP) is 7.44. The number of aldehydes is 1. The third-order valence-corrected chi connectivity index (χ3v) is 15.8. The Bertz CT molecular complexity index is 2090. The second-order valence-corrected chi connectivity index (χ2v) is 20.0. The summed E-state index contributed by atoms with van der Waals surface area (Å²) >= 11 is 0. The van der Waals surface area contributed by atoms with Crippen molar-refractivity contribution >= 4 is 6.29 Å². The standard InChI is InChI=1S/C56H78N2O8/c1-38(47-22-18-39(2)53(63)58-54(4,28-31-65-6)33-42-15-11-16-44(32-42)48(47)23-19-41-13-8-7-9-14-41)12-10-17-46(36-66-37-61)49-24-26-56(52(49)62)51-43(25-30-59)20-21-45(50(51)40(3)35-60)34-55(56,64)27-29-57-5/h7-18,20-21,32,35,43,45,47-49,51-53,57-59,61-64H,1,19,22-31,33-34,36-37H2,2-6H3. The summed E-state index contributed by atoms with van der Waals surface area (Å²) in [7, 11) is 3.57. The molecule has 1 spiro atoms. The normalized spacial score (nSPS) is 33.4. The maximum atomic E-state index is 13.0. The molecule has 66 heavy (non-hydrogen) atoms. The average Bonchev–Trinajstić information content (AvgIpc) is 3.66. The Morgan fingerprint density at radius 1 is 1.05 bits per heavy atom. The van der Waals surface area contributed by atoms with E-state index in [1.165, 1.54) is 16.7 Å². The van der Waals surface area contributed by atoms with Crippen LogP contribution in [0, 0.1) is 35.0 Å². The van der Waals surface area contributed by atoms with Gasteiger partial charge in [-0.2, -0.15) is 0 Å². The van der Waals surface area contributed by atoms with Crippen molar-refractivity contribution in [3.8, 4) is 0 Å². The summed E-state index contributed by atoms with van der Waals surface area (Å²) < 4.78 is 11.2. The molecule has 3 aliphatic carbocycles. The molecule has 2 saturated carbocycles. The molecule has 4 bridgehead atoms. The summed E-state index contributed by atoms with van der Waals surface area (Å²) in [4.78, 5) is 12.5. The molecule has 2 fully saturated rings. The number of allylic oxidation sites excluding steroid dienone is 9. The zero-order valence-electron chi connectivity index (χ0n) is 40.1. The highest BCUT2D eigenvalue weighted by molar-refractivity contribution is 5.74. The minimum Gasteiger partial charge on any atom is -0.396 e. The average molecular weight is 907 g/mol. The molecule has 11 atom stereocenters. The van der Waals surface area contributed by atoms with Crippen molar-refractivity contribution in [3.63, 3.8) is 0 Å². The van der Waals surface area contributed by atoms with Gasteiger partial charge in [0.2, 0.25) is 0 Å². The van der Waals surface area contributed by atoms with Crippen LogP contribution in [0.2, 0.25) is 0 Å². The molecule has 10 heteroatoms. The summed E-state index contributed by atoms with van der Waals surface area (Å²) in [5.74, 6) is -1.03. The Kier molecular flexibility index (Phi) is 18.3. The van der Waals surface area contributed by atoms with E-state index >= 15 is 0 Å². The number of rotatable bonds is 19. The maximum absolute atomic E-state index is 13.0. The molecule has 0 saturated heterocycles. The molecule has 360 valence electrons. The molecule has 2 aromatic rings. The quantitative estimate of drug-likeness (QED) is 0.0248. The lowest BCUT2D eigenvalue weighted by molar-refractivity contribution is -0.194. The van der Waals surface area contributed by atoms with Crippen LogP contribution in [0.5, 0.6) is 0 Å². The summed E-state index contributed by atoms with van der Waals surface area (Å²) in [5.41, 5.74) is 5.16. The smallest absolute Gasteiger partial charge is 0.145 e. The van der Waals surface area contributed by atoms with E-state index in [-0.39, 0.29) is 42.8 Å². The molecule has 4 aliphatic rings. The highest BCUT2D eigenvalue weighted by Crippen LogP contribution is 2.67. The number of carbonyl (C=O) groups excluding carboxylic acids is 1. The maximum Gasteiger partial charge on any atom is 0.145 e. The number of benzene rings is 2. The molecule has 10 nitrogen and oxygen atoms in total. The predicted molar refractivity (Wildman–Crippen MR) is 262 cm³/mol. The lowest BCUT2D eigenvalue weighted by atomic mass is 9.45. The van der Waals surface area contributed by atoms with E-state index in [9.17, 15) is 30.3 Å². The lowest BCUT2D eigenvalue weighted by Gasteiger charge is -2.61. The van der Waals surface area contributed by atoms with Crippen LogP contribution in [0.3, 0.4) is 0 Å². The van der Waals surface area contributed by atoms with E-state index in [1.54, 1.807) is 7.11 Å². The van der Waals surface area contributed by atoms with Gasteiger partial charge in [-0.1, -0.05) is 109 Å². The monoisotopic (exact) mass is 907 g/mol. The Morgan fingerprint density at radius 2 is 1.83 bits per heavy atom. The number of methoxy groups -OCH3 is 1. The minimum absolute atomic E-state index is 0.0287. The Morgan fingerprint density at radius 3 is 2.55 bits per heavy atom. The molecule has 0 radical (unpaired) electrons. The fourth-order valence-corrected chi connectivity index (χ4v) is 12.4. The number of hydrogen-bond acceptors (Lipinski definition) is 10. The Labute approximate surface area is 394 Å². The highest BCUT2D eigenvalue weighted by Gasteiger charge is 2.68. The summed E-state index contributed by atoms with van der Waals surface area (Å²) in [5, 5.41) is 64.5. The van der Waals surface area contributed by atoms with E-state index in [1.807, 2.05) is 39.1 Å². The molecule has 11 unspecified atom stereocenters. The van der Waals surface area contributed by atoms with Crippen molar-refractivity contribution in [2.75, 3.05) is 47.3 Å². The third-order valence-electron chi connectivity index (χ3n) is 15.8. The van der Waals surface area contributed by atoms with E-state index in [2.05, 4.69) is 90.4 Å². The van der Waals surface area contributed by atoms with Gasteiger partial charge in [-0.25, -0.2) is 0 Å². The zero-order valence-corrected chi connectivity index (χ0v) is 40.1. The van der Waals surface area contributed by atoms with E-state index < -0.39 is 41.6 Å². The van der Waals surface area contributed by atoms with Gasteiger partial charge < -0.3 is 40.3 Å². The molecular formula is C56H78N2O8. The van der Waals surface area contributed by atoms with Crippen LogP contribution < -0.4 is 10.6 Å². The number of carbonyl (C=O) groups is 1. The van der Waals surface area contributed by atoms with Gasteiger partial charge in [-0.15, -0.1) is 0 Å². The minimum atomic E-state index is -1.27. The molecular weight excluding hydrogens is 829 g/mol. The van der Waals surface area contributed by atoms with Crippen LogP contribution in [-0.4, -0.2) is 103 Å². The van der Waals surface area contributed by atoms with Crippen LogP contribution in [0.15, 0.2) is 125 Å². The first-order valence-electron chi connectivity index (χ1n) is 24.3. The molecule has 6 rings (SSSR count). The van der Waals surface area contributed by atoms with Crippen molar-refractivity contribution in [2.45, 2.75) is 114 Å². The number of aliphatic hydroxyl groups excluding tert-OH is 4. The van der Waals surface area contributed by atoms with Gasteiger partial charge in [0, 0.05) is 43.1 Å². The van der Waals surface area contributed by atoms with Gasteiger partial charge in [0.15, 0.2) is 0 Å². The lowest BCUT2D eigenvalue weighted by Crippen LogP contribution is -2.65. The Balaban J connectivity index is 1.38. The van der Waals surface area contributed by atoms with Crippen LogP contribution in [0.25, 0.3) is 0 Å². The second kappa shape index (κ2) is 23.5. The van der Waals surface area contributed by atoms with Crippen LogP contribution in [-0.2, 0) is 27.1 Å². The summed E-state index contributed by atoms with van der Waals surface area (Å²) in [6, 6.07) is 19.4. The fourth-order valence-electron chi connectivity index (χ4n) is 12.4. The van der Waals surface area contributed by atoms with Crippen LogP contribution in [0.1, 0.15) is 94.7 Å². The van der Waals surface area contributed by atoms with Crippen LogP contribution in [0.4, 0.5) is 0 Å². The molecule has 1 aliphatic heterocycles. The van der Waals surface area contributed by atoms with Gasteiger partial charge in [-0.05, 0) is 156 Å². The van der Waals surface area contributed by atoms with Crippen molar-refractivity contribution in [2.24, 2.45) is 35.0 Å². The number of aliphatic hydroxyl groups is 5. The molecule has 0 aromatic heterocycles. The highest BCUT2D eigenvalue weighted by atomic mass is 16.6.